The summed E-state index contributed by atoms with van der Waals surface area (Å²) in [6, 6.07) is 10.2. The number of ether oxygens (including phenoxy) is 1. The number of unbranched alkanes of at least 4 members (excludes halogenated alkanes) is 1. The largest absolute Gasteiger partial charge is 1.00 e. The number of carbonyl (C=O) groups excluding carboxylic acids is 1. The summed E-state index contributed by atoms with van der Waals surface area (Å²) in [7, 11) is 0.148. The third kappa shape index (κ3) is 6.00. The van der Waals surface area contributed by atoms with E-state index in [1.165, 1.54) is 5.56 Å². The van der Waals surface area contributed by atoms with Gasteiger partial charge in [-0.25, -0.2) is 0 Å². The van der Waals surface area contributed by atoms with Crippen molar-refractivity contribution in [2.75, 3.05) is 6.61 Å². The van der Waals surface area contributed by atoms with Gasteiger partial charge in [-0.1, -0.05) is 37.1 Å². The Morgan fingerprint density at radius 3 is 2.24 bits per heavy atom. The van der Waals surface area contributed by atoms with Crippen molar-refractivity contribution < 1.29 is 29.8 Å². The number of carbonyl (C=O) groups is 1. The molecule has 2 rings (SSSR count). The van der Waals surface area contributed by atoms with Gasteiger partial charge in [0.15, 0.2) is 5.52 Å². The number of hydrogen-bond acceptors (Lipinski definition) is 2. The zero-order chi connectivity index (χ0) is 17.7. The molecule has 2 aromatic carbocycles. The van der Waals surface area contributed by atoms with E-state index in [0.717, 1.165) is 52.8 Å². The van der Waals surface area contributed by atoms with Crippen molar-refractivity contribution in [3.63, 3.8) is 0 Å². The number of benzene rings is 2. The second-order valence-electron chi connectivity index (χ2n) is 6.41. The van der Waals surface area contributed by atoms with Crippen molar-refractivity contribution in [2.24, 2.45) is 0 Å². The molecule has 1 atom stereocenters. The predicted molar refractivity (Wildman–Crippen MR) is 106 cm³/mol. The molecule has 2 aromatic rings. The minimum absolute atomic E-state index is 0. The Balaban J connectivity index is 0.00000312. The van der Waals surface area contributed by atoms with Crippen LogP contribution in [0.3, 0.4) is 0 Å². The fraction of sp³-hybridized carbons (Fsp3) is 0.381. The quantitative estimate of drug-likeness (QED) is 0.435. The van der Waals surface area contributed by atoms with Crippen LogP contribution in [0.1, 0.15) is 53.8 Å². The second-order valence-corrected chi connectivity index (χ2v) is 7.65. The smallest absolute Gasteiger partial charge is 1.00 e. The van der Waals surface area contributed by atoms with E-state index in [1.807, 2.05) is 32.0 Å². The third-order valence-corrected chi connectivity index (χ3v) is 5.42. The number of aryl methyl sites for hydroxylation is 4. The van der Waals surface area contributed by atoms with E-state index in [2.05, 4.69) is 32.9 Å². The first-order valence-electron chi connectivity index (χ1n) is 8.55. The Morgan fingerprint density at radius 2 is 1.68 bits per heavy atom. The Bertz CT molecular complexity index is 724. The molecule has 4 heteroatoms. The van der Waals surface area contributed by atoms with Crippen LogP contribution >= 0.6 is 8.58 Å². The molecule has 0 aliphatic heterocycles. The first-order chi connectivity index (χ1) is 11.4. The van der Waals surface area contributed by atoms with Crippen LogP contribution in [0, 0.1) is 27.7 Å². The molecule has 0 spiro atoms. The van der Waals surface area contributed by atoms with Gasteiger partial charge in [-0.3, -0.25) is 4.79 Å². The van der Waals surface area contributed by atoms with E-state index in [4.69, 9.17) is 4.74 Å². The monoisotopic (exact) mass is 350 g/mol. The third-order valence-electron chi connectivity index (χ3n) is 4.12. The molecule has 25 heavy (non-hydrogen) atoms. The Labute approximate surface area is 167 Å². The Morgan fingerprint density at radius 1 is 1.04 bits per heavy atom. The van der Waals surface area contributed by atoms with Crippen LogP contribution in [0.2, 0.25) is 0 Å². The van der Waals surface area contributed by atoms with Crippen molar-refractivity contribution in [1.29, 1.82) is 0 Å². The summed E-state index contributed by atoms with van der Waals surface area (Å²) in [5.74, 6) is 0.893. The van der Waals surface area contributed by atoms with E-state index < -0.39 is 0 Å². The van der Waals surface area contributed by atoms with E-state index in [0.29, 0.717) is 0 Å². The van der Waals surface area contributed by atoms with E-state index in [1.54, 1.807) is 0 Å². The zero-order valence-corrected chi connectivity index (χ0v) is 17.3. The maximum Gasteiger partial charge on any atom is 1.00 e. The van der Waals surface area contributed by atoms with Crippen LogP contribution in [0.4, 0.5) is 0 Å². The van der Waals surface area contributed by atoms with Crippen molar-refractivity contribution in [3.05, 3.63) is 58.1 Å². The predicted octanol–water partition coefficient (Wildman–Crippen LogP) is 2.36. The normalized spacial score (nSPS) is 10.8. The molecule has 0 bridgehead atoms. The topological polar surface area (TPSA) is 26.3 Å². The summed E-state index contributed by atoms with van der Waals surface area (Å²) >= 11 is 0. The first kappa shape index (κ1) is 22.0. The van der Waals surface area contributed by atoms with Gasteiger partial charge < -0.3 is 6.16 Å². The fourth-order valence-electron chi connectivity index (χ4n) is 2.92. The van der Waals surface area contributed by atoms with Gasteiger partial charge in [-0.2, -0.15) is 0 Å². The second kappa shape index (κ2) is 10.2. The standard InChI is InChI=1S/C21H27O2P.Li.H/c1-6-7-10-23-18-8-9-19(15(3)13-18)24-21(22)20-16(4)11-14(2)12-17(20)5;;/h8-9,11-13,24H,6-7,10H2,1-5H3;;/q;+1;-1. The molecule has 0 radical (unpaired) electrons. The van der Waals surface area contributed by atoms with E-state index in [9.17, 15) is 4.79 Å². The van der Waals surface area contributed by atoms with E-state index >= 15 is 0 Å². The van der Waals surface area contributed by atoms with Gasteiger partial charge in [0.05, 0.1) is 6.61 Å². The van der Waals surface area contributed by atoms with E-state index in [-0.39, 0.29) is 34.4 Å². The Kier molecular flexibility index (Phi) is 8.95. The van der Waals surface area contributed by atoms with Crippen LogP contribution in [-0.4, -0.2) is 12.1 Å². The van der Waals surface area contributed by atoms with Gasteiger partial charge in [-0.15, -0.1) is 0 Å². The molecule has 0 aromatic heterocycles. The summed E-state index contributed by atoms with van der Waals surface area (Å²) in [6.45, 7) is 11.1. The molecular weight excluding hydrogens is 322 g/mol. The number of hydrogen-bond donors (Lipinski definition) is 0. The molecular formula is C21H28LiO2P. The van der Waals surface area contributed by atoms with Crippen LogP contribution in [0.25, 0.3) is 0 Å². The molecule has 1 unspecified atom stereocenters. The van der Waals surface area contributed by atoms with Crippen LogP contribution in [0.15, 0.2) is 30.3 Å². The molecule has 0 amide bonds. The van der Waals surface area contributed by atoms with Gasteiger partial charge in [0.1, 0.15) is 5.75 Å². The zero-order valence-electron chi connectivity index (χ0n) is 17.3. The Hall–Kier alpha value is -1.06. The minimum Gasteiger partial charge on any atom is -1.00 e. The maximum absolute atomic E-state index is 12.8. The van der Waals surface area contributed by atoms with Crippen molar-refractivity contribution in [3.8, 4) is 5.75 Å². The SMILES string of the molecule is CCCCOc1ccc(PC(=O)c2c(C)cc(C)cc2C)c(C)c1.[H-].[Li+]. The summed E-state index contributed by atoms with van der Waals surface area (Å²) in [5, 5.41) is 1.10. The van der Waals surface area contributed by atoms with Crippen LogP contribution in [0.5, 0.6) is 5.75 Å². The van der Waals surface area contributed by atoms with Gasteiger partial charge >= 0.3 is 18.9 Å². The summed E-state index contributed by atoms with van der Waals surface area (Å²) < 4.78 is 5.74. The average molecular weight is 350 g/mol. The van der Waals surface area contributed by atoms with Crippen molar-refractivity contribution in [1.82, 2.24) is 0 Å². The summed E-state index contributed by atoms with van der Waals surface area (Å²) in [6.07, 6.45) is 2.19. The molecule has 0 N–H and O–H groups in total. The van der Waals surface area contributed by atoms with Crippen LogP contribution in [-0.2, 0) is 0 Å². The van der Waals surface area contributed by atoms with Crippen molar-refractivity contribution in [2.45, 2.75) is 47.5 Å². The molecule has 2 nitrogen and oxygen atoms in total. The molecule has 0 fully saturated rings. The average Bonchev–Trinajstić information content (AvgIpc) is 2.49. The van der Waals surface area contributed by atoms with Crippen LogP contribution < -0.4 is 28.9 Å². The minimum atomic E-state index is 0. The van der Waals surface area contributed by atoms with Crippen molar-refractivity contribution >= 4 is 19.4 Å². The number of rotatable bonds is 7. The first-order valence-corrected chi connectivity index (χ1v) is 9.55. The molecule has 0 aliphatic carbocycles. The summed E-state index contributed by atoms with van der Waals surface area (Å²) in [5.41, 5.74) is 5.56. The fourth-order valence-corrected chi connectivity index (χ4v) is 4.12. The van der Waals surface area contributed by atoms with Gasteiger partial charge in [-0.05, 0) is 76.8 Å². The molecule has 130 valence electrons. The molecule has 0 saturated heterocycles. The van der Waals surface area contributed by atoms with Gasteiger partial charge in [0, 0.05) is 5.56 Å². The molecule has 0 saturated carbocycles. The van der Waals surface area contributed by atoms with Gasteiger partial charge in [0.2, 0.25) is 0 Å². The molecule has 0 aliphatic rings. The maximum atomic E-state index is 12.8. The van der Waals surface area contributed by atoms with Gasteiger partial charge in [0.25, 0.3) is 0 Å². The molecule has 0 heterocycles. The summed E-state index contributed by atoms with van der Waals surface area (Å²) in [4.78, 5) is 12.8.